The predicted octanol–water partition coefficient (Wildman–Crippen LogP) is 2.68. The third kappa shape index (κ3) is 5.07. The molecule has 0 aliphatic carbocycles. The molecule has 0 radical (unpaired) electrons. The number of pyridine rings is 2. The zero-order chi connectivity index (χ0) is 20.6. The van der Waals surface area contributed by atoms with Crippen molar-refractivity contribution in [2.24, 2.45) is 0 Å². The van der Waals surface area contributed by atoms with Crippen molar-refractivity contribution < 1.29 is 19.1 Å². The van der Waals surface area contributed by atoms with Gasteiger partial charge in [0.05, 0.1) is 14.2 Å². The van der Waals surface area contributed by atoms with Gasteiger partial charge in [0.2, 0.25) is 0 Å². The van der Waals surface area contributed by atoms with Crippen LogP contribution in [-0.2, 0) is 6.54 Å². The number of amides is 2. The van der Waals surface area contributed by atoms with Gasteiger partial charge in [0.15, 0.2) is 11.5 Å². The molecular weight excluding hydrogens is 372 g/mol. The van der Waals surface area contributed by atoms with Crippen LogP contribution < -0.4 is 20.1 Å². The largest absolute Gasteiger partial charge is 0.493 e. The number of rotatable bonds is 7. The van der Waals surface area contributed by atoms with E-state index in [2.05, 4.69) is 20.6 Å². The van der Waals surface area contributed by atoms with Crippen LogP contribution in [0.2, 0.25) is 0 Å². The highest BCUT2D eigenvalue weighted by atomic mass is 16.5. The van der Waals surface area contributed by atoms with E-state index in [0.29, 0.717) is 23.7 Å². The third-order valence-electron chi connectivity index (χ3n) is 4.06. The highest BCUT2D eigenvalue weighted by Crippen LogP contribution is 2.29. The molecule has 3 aromatic rings. The van der Waals surface area contributed by atoms with E-state index in [-0.39, 0.29) is 17.3 Å². The smallest absolute Gasteiger partial charge is 0.274 e. The van der Waals surface area contributed by atoms with Crippen molar-refractivity contribution in [3.05, 3.63) is 77.9 Å². The standard InChI is InChI=1S/C21H20N4O4/c1-28-18-7-6-15(12-19(18)29-2)24-21(27)17-5-3-4-16(25-17)20(26)23-13-14-8-10-22-11-9-14/h3-12H,13H2,1-2H3,(H,23,26)(H,24,27). The number of anilines is 1. The van der Waals surface area contributed by atoms with Gasteiger partial charge in [-0.2, -0.15) is 0 Å². The summed E-state index contributed by atoms with van der Waals surface area (Å²) < 4.78 is 10.4. The minimum Gasteiger partial charge on any atom is -0.493 e. The lowest BCUT2D eigenvalue weighted by atomic mass is 10.2. The molecule has 8 nitrogen and oxygen atoms in total. The van der Waals surface area contributed by atoms with Gasteiger partial charge in [-0.1, -0.05) is 6.07 Å². The van der Waals surface area contributed by atoms with Gasteiger partial charge in [-0.05, 0) is 42.0 Å². The molecule has 148 valence electrons. The van der Waals surface area contributed by atoms with Crippen LogP contribution in [-0.4, -0.2) is 36.0 Å². The maximum atomic E-state index is 12.5. The maximum absolute atomic E-state index is 12.5. The van der Waals surface area contributed by atoms with Gasteiger partial charge in [0.25, 0.3) is 11.8 Å². The minimum atomic E-state index is -0.444. The number of carbonyl (C=O) groups excluding carboxylic acids is 2. The fourth-order valence-electron chi connectivity index (χ4n) is 2.57. The van der Waals surface area contributed by atoms with Gasteiger partial charge < -0.3 is 20.1 Å². The molecule has 1 aromatic carbocycles. The molecule has 0 atom stereocenters. The molecule has 0 unspecified atom stereocenters. The molecule has 0 fully saturated rings. The summed E-state index contributed by atoms with van der Waals surface area (Å²) in [6.07, 6.45) is 3.30. The average molecular weight is 392 g/mol. The zero-order valence-electron chi connectivity index (χ0n) is 16.0. The van der Waals surface area contributed by atoms with E-state index in [0.717, 1.165) is 5.56 Å². The quantitative estimate of drug-likeness (QED) is 0.641. The normalized spacial score (nSPS) is 10.1. The van der Waals surface area contributed by atoms with Gasteiger partial charge in [-0.15, -0.1) is 0 Å². The van der Waals surface area contributed by atoms with Gasteiger partial charge in [0, 0.05) is 30.7 Å². The highest BCUT2D eigenvalue weighted by molar-refractivity contribution is 6.04. The van der Waals surface area contributed by atoms with Crippen LogP contribution in [0.3, 0.4) is 0 Å². The van der Waals surface area contributed by atoms with Crippen molar-refractivity contribution in [1.29, 1.82) is 0 Å². The Morgan fingerprint density at radius 3 is 2.28 bits per heavy atom. The van der Waals surface area contributed by atoms with Crippen LogP contribution >= 0.6 is 0 Å². The zero-order valence-corrected chi connectivity index (χ0v) is 16.0. The molecule has 2 aromatic heterocycles. The lowest BCUT2D eigenvalue weighted by Gasteiger charge is -2.11. The first-order chi connectivity index (χ1) is 14.1. The summed E-state index contributed by atoms with van der Waals surface area (Å²) in [6, 6.07) is 13.3. The monoisotopic (exact) mass is 392 g/mol. The maximum Gasteiger partial charge on any atom is 0.274 e. The van der Waals surface area contributed by atoms with Crippen LogP contribution in [0.4, 0.5) is 5.69 Å². The van der Waals surface area contributed by atoms with Crippen LogP contribution in [0, 0.1) is 0 Å². The summed E-state index contributed by atoms with van der Waals surface area (Å²) in [5, 5.41) is 5.50. The SMILES string of the molecule is COc1ccc(NC(=O)c2cccc(C(=O)NCc3ccncc3)n2)cc1OC. The Morgan fingerprint density at radius 1 is 0.897 bits per heavy atom. The van der Waals surface area contributed by atoms with E-state index in [1.807, 2.05) is 0 Å². The summed E-state index contributed by atoms with van der Waals surface area (Å²) in [6.45, 7) is 0.338. The van der Waals surface area contributed by atoms with E-state index in [1.54, 1.807) is 54.9 Å². The fourth-order valence-corrected chi connectivity index (χ4v) is 2.57. The molecule has 2 heterocycles. The van der Waals surface area contributed by atoms with Crippen molar-refractivity contribution in [3.63, 3.8) is 0 Å². The summed E-state index contributed by atoms with van der Waals surface area (Å²) in [4.78, 5) is 33.0. The Balaban J connectivity index is 1.68. The number of nitrogens with zero attached hydrogens (tertiary/aromatic N) is 2. The summed E-state index contributed by atoms with van der Waals surface area (Å²) >= 11 is 0. The number of aromatic nitrogens is 2. The molecule has 0 bridgehead atoms. The second-order valence-corrected chi connectivity index (χ2v) is 5.97. The van der Waals surface area contributed by atoms with Gasteiger partial charge in [-0.3, -0.25) is 14.6 Å². The first kappa shape index (κ1) is 19.8. The number of carbonyl (C=O) groups is 2. The van der Waals surface area contributed by atoms with Crippen LogP contribution in [0.25, 0.3) is 0 Å². The minimum absolute atomic E-state index is 0.122. The molecule has 2 amide bonds. The summed E-state index contributed by atoms with van der Waals surface area (Å²) in [5.74, 6) is 0.225. The van der Waals surface area contributed by atoms with Crippen LogP contribution in [0.5, 0.6) is 11.5 Å². The topological polar surface area (TPSA) is 102 Å². The molecule has 0 saturated carbocycles. The Morgan fingerprint density at radius 2 is 1.59 bits per heavy atom. The van der Waals surface area contributed by atoms with E-state index in [9.17, 15) is 9.59 Å². The van der Waals surface area contributed by atoms with Crippen molar-refractivity contribution in [3.8, 4) is 11.5 Å². The molecule has 2 N–H and O–H groups in total. The first-order valence-corrected chi connectivity index (χ1v) is 8.78. The molecule has 0 aliphatic heterocycles. The molecule has 0 aliphatic rings. The van der Waals surface area contributed by atoms with Crippen LogP contribution in [0.1, 0.15) is 26.5 Å². The van der Waals surface area contributed by atoms with E-state index >= 15 is 0 Å². The highest BCUT2D eigenvalue weighted by Gasteiger charge is 2.14. The molecule has 0 spiro atoms. The predicted molar refractivity (Wildman–Crippen MR) is 107 cm³/mol. The Bertz CT molecular complexity index is 1010. The number of ether oxygens (including phenoxy) is 2. The van der Waals surface area contributed by atoms with E-state index < -0.39 is 5.91 Å². The molecule has 0 saturated heterocycles. The number of nitrogens with one attached hydrogen (secondary N) is 2. The number of benzene rings is 1. The van der Waals surface area contributed by atoms with Gasteiger partial charge in [-0.25, -0.2) is 4.98 Å². The van der Waals surface area contributed by atoms with Crippen molar-refractivity contribution >= 4 is 17.5 Å². The fraction of sp³-hybridized carbons (Fsp3) is 0.143. The lowest BCUT2D eigenvalue weighted by molar-refractivity contribution is 0.0945. The third-order valence-corrected chi connectivity index (χ3v) is 4.06. The Kier molecular flexibility index (Phi) is 6.36. The lowest BCUT2D eigenvalue weighted by Crippen LogP contribution is -2.25. The Hall–Kier alpha value is -3.94. The molecule has 8 heteroatoms. The van der Waals surface area contributed by atoms with Gasteiger partial charge in [0.1, 0.15) is 11.4 Å². The van der Waals surface area contributed by atoms with Crippen molar-refractivity contribution in [2.75, 3.05) is 19.5 Å². The molecule has 29 heavy (non-hydrogen) atoms. The average Bonchev–Trinajstić information content (AvgIpc) is 2.78. The Labute approximate surface area is 167 Å². The summed E-state index contributed by atoms with van der Waals surface area (Å²) in [5.41, 5.74) is 1.70. The summed E-state index contributed by atoms with van der Waals surface area (Å²) in [7, 11) is 3.05. The second kappa shape index (κ2) is 9.32. The van der Waals surface area contributed by atoms with Crippen LogP contribution in [0.15, 0.2) is 60.9 Å². The van der Waals surface area contributed by atoms with E-state index in [4.69, 9.17) is 9.47 Å². The van der Waals surface area contributed by atoms with E-state index in [1.165, 1.54) is 20.3 Å². The molecule has 3 rings (SSSR count). The number of hydrogen-bond acceptors (Lipinski definition) is 6. The molecular formula is C21H20N4O4. The van der Waals surface area contributed by atoms with Crippen molar-refractivity contribution in [1.82, 2.24) is 15.3 Å². The number of hydrogen-bond donors (Lipinski definition) is 2. The van der Waals surface area contributed by atoms with Crippen molar-refractivity contribution in [2.45, 2.75) is 6.54 Å². The van der Waals surface area contributed by atoms with Gasteiger partial charge >= 0.3 is 0 Å². The number of methoxy groups -OCH3 is 2. The first-order valence-electron chi connectivity index (χ1n) is 8.78. The second-order valence-electron chi connectivity index (χ2n) is 5.97.